The van der Waals surface area contributed by atoms with Crippen LogP contribution >= 0.6 is 22.9 Å². The van der Waals surface area contributed by atoms with Crippen molar-refractivity contribution in [1.82, 2.24) is 5.32 Å². The average Bonchev–Trinajstić information content (AvgIpc) is 3.11. The second-order valence-electron chi connectivity index (χ2n) is 7.59. The maximum absolute atomic E-state index is 13.5. The van der Waals surface area contributed by atoms with Crippen molar-refractivity contribution in [2.45, 2.75) is 63.5 Å². The summed E-state index contributed by atoms with van der Waals surface area (Å²) in [7, 11) is 0. The summed E-state index contributed by atoms with van der Waals surface area (Å²) in [5, 5.41) is 3.57. The minimum atomic E-state index is -0.175. The van der Waals surface area contributed by atoms with E-state index in [1.54, 1.807) is 23.5 Å². The molecule has 1 atom stereocenters. The van der Waals surface area contributed by atoms with Crippen molar-refractivity contribution in [3.8, 4) is 0 Å². The van der Waals surface area contributed by atoms with Crippen molar-refractivity contribution < 1.29 is 9.13 Å². The monoisotopic (exact) mass is 409 g/mol. The maximum atomic E-state index is 13.5. The Labute approximate surface area is 171 Å². The molecule has 0 radical (unpaired) electrons. The molecule has 0 aliphatic carbocycles. The number of rotatable bonds is 8. The van der Waals surface area contributed by atoms with Crippen LogP contribution in [-0.4, -0.2) is 18.8 Å². The topological polar surface area (TPSA) is 21.3 Å². The molecule has 1 aromatic carbocycles. The Morgan fingerprint density at radius 2 is 1.89 bits per heavy atom. The van der Waals surface area contributed by atoms with Gasteiger partial charge in [0.25, 0.3) is 0 Å². The lowest BCUT2D eigenvalue weighted by molar-refractivity contribution is -0.112. The first-order valence-electron chi connectivity index (χ1n) is 9.86. The van der Waals surface area contributed by atoms with Crippen molar-refractivity contribution in [1.29, 1.82) is 0 Å². The molecule has 1 aliphatic rings. The number of nitrogens with one attached hydrogen (secondary N) is 1. The molecule has 2 heterocycles. The third-order valence-corrected chi connectivity index (χ3v) is 7.33. The van der Waals surface area contributed by atoms with Crippen LogP contribution in [0.1, 0.15) is 56.4 Å². The molecule has 1 aliphatic heterocycles. The zero-order valence-electron chi connectivity index (χ0n) is 16.2. The van der Waals surface area contributed by atoms with Crippen molar-refractivity contribution in [2.24, 2.45) is 0 Å². The smallest absolute Gasteiger partial charge is 0.123 e. The van der Waals surface area contributed by atoms with Gasteiger partial charge >= 0.3 is 0 Å². The van der Waals surface area contributed by atoms with Crippen molar-refractivity contribution in [3.05, 3.63) is 57.0 Å². The van der Waals surface area contributed by atoms with E-state index in [4.69, 9.17) is 16.3 Å². The van der Waals surface area contributed by atoms with Crippen LogP contribution in [0.4, 0.5) is 4.39 Å². The second kappa shape index (κ2) is 9.04. The molecule has 27 heavy (non-hydrogen) atoms. The molecule has 1 N–H and O–H groups in total. The molecule has 2 aromatic rings. The number of hydrogen-bond acceptors (Lipinski definition) is 3. The Kier molecular flexibility index (Phi) is 6.96. The van der Waals surface area contributed by atoms with E-state index < -0.39 is 0 Å². The van der Waals surface area contributed by atoms with Crippen LogP contribution in [0.3, 0.4) is 0 Å². The first-order valence-corrected chi connectivity index (χ1v) is 11.1. The van der Waals surface area contributed by atoms with E-state index in [1.165, 1.54) is 10.4 Å². The lowest BCUT2D eigenvalue weighted by Crippen LogP contribution is -2.48. The molecule has 1 unspecified atom stereocenters. The lowest BCUT2D eigenvalue weighted by Gasteiger charge is -2.48. The van der Waals surface area contributed by atoms with Crippen molar-refractivity contribution in [3.63, 3.8) is 0 Å². The van der Waals surface area contributed by atoms with Crippen LogP contribution in [0.5, 0.6) is 0 Å². The van der Waals surface area contributed by atoms with Gasteiger partial charge < -0.3 is 10.1 Å². The molecule has 0 spiro atoms. The van der Waals surface area contributed by atoms with E-state index in [-0.39, 0.29) is 16.8 Å². The fourth-order valence-corrected chi connectivity index (χ4v) is 5.37. The minimum Gasteiger partial charge on any atom is -0.375 e. The van der Waals surface area contributed by atoms with Gasteiger partial charge in [-0.15, -0.1) is 11.3 Å². The van der Waals surface area contributed by atoms with Gasteiger partial charge in [0.05, 0.1) is 9.94 Å². The number of hydrogen-bond donors (Lipinski definition) is 1. The molecule has 0 bridgehead atoms. The number of thiophene rings is 1. The maximum Gasteiger partial charge on any atom is 0.123 e. The van der Waals surface area contributed by atoms with Crippen LogP contribution < -0.4 is 5.32 Å². The highest BCUT2D eigenvalue weighted by molar-refractivity contribution is 7.16. The number of ether oxygens (including phenoxy) is 1. The molecule has 0 amide bonds. The van der Waals surface area contributed by atoms with Gasteiger partial charge in [0.2, 0.25) is 0 Å². The van der Waals surface area contributed by atoms with E-state index >= 15 is 0 Å². The zero-order chi connectivity index (χ0) is 19.3. The first-order chi connectivity index (χ1) is 13.0. The molecule has 0 saturated carbocycles. The van der Waals surface area contributed by atoms with Gasteiger partial charge in [-0.3, -0.25) is 0 Å². The van der Waals surface area contributed by atoms with Gasteiger partial charge in [-0.25, -0.2) is 4.39 Å². The Morgan fingerprint density at radius 1 is 1.15 bits per heavy atom. The fourth-order valence-electron chi connectivity index (χ4n) is 4.32. The van der Waals surface area contributed by atoms with Crippen molar-refractivity contribution in [2.75, 3.05) is 13.2 Å². The van der Waals surface area contributed by atoms with Gasteiger partial charge in [-0.05, 0) is 68.5 Å². The number of benzene rings is 1. The molecule has 1 fully saturated rings. The standard InChI is InChI=1S/C22H29ClFNOS/c1-3-22(4-2)16-21(12-14-26-22,17-5-7-18(24)8-6-17)11-13-25-15-19-9-10-20(23)27-19/h5-10,25H,3-4,11-16H2,1-2H3. The van der Waals surface area contributed by atoms with E-state index in [1.807, 2.05) is 18.2 Å². The molecule has 1 saturated heterocycles. The van der Waals surface area contributed by atoms with Crippen LogP contribution in [0.15, 0.2) is 36.4 Å². The van der Waals surface area contributed by atoms with Crippen LogP contribution in [0.2, 0.25) is 4.34 Å². The Morgan fingerprint density at radius 3 is 2.52 bits per heavy atom. The van der Waals surface area contributed by atoms with Gasteiger partial charge in [-0.2, -0.15) is 0 Å². The van der Waals surface area contributed by atoms with Gasteiger partial charge in [0.15, 0.2) is 0 Å². The molecular formula is C22H29ClFNOS. The largest absolute Gasteiger partial charge is 0.375 e. The third-order valence-electron chi connectivity index (χ3n) is 6.10. The highest BCUT2D eigenvalue weighted by Gasteiger charge is 2.44. The molecule has 2 nitrogen and oxygen atoms in total. The van der Waals surface area contributed by atoms with Gasteiger partial charge in [-0.1, -0.05) is 37.6 Å². The van der Waals surface area contributed by atoms with E-state index in [2.05, 4.69) is 25.2 Å². The highest BCUT2D eigenvalue weighted by atomic mass is 35.5. The van der Waals surface area contributed by atoms with Gasteiger partial charge in [0, 0.05) is 23.4 Å². The average molecular weight is 410 g/mol. The quantitative estimate of drug-likeness (QED) is 0.514. The molecule has 5 heteroatoms. The SMILES string of the molecule is CCC1(CC)CC(CCNCc2ccc(Cl)s2)(c2ccc(F)cc2)CCO1. The molecular weight excluding hydrogens is 381 g/mol. The fraction of sp³-hybridized carbons (Fsp3) is 0.545. The van der Waals surface area contributed by atoms with Crippen LogP contribution in [-0.2, 0) is 16.7 Å². The Hall–Kier alpha value is -0.940. The molecule has 3 rings (SSSR count). The predicted molar refractivity (Wildman–Crippen MR) is 112 cm³/mol. The Bertz CT molecular complexity index is 728. The summed E-state index contributed by atoms with van der Waals surface area (Å²) in [6, 6.07) is 11.1. The summed E-state index contributed by atoms with van der Waals surface area (Å²) in [5.41, 5.74) is 1.19. The van der Waals surface area contributed by atoms with E-state index in [9.17, 15) is 4.39 Å². The summed E-state index contributed by atoms with van der Waals surface area (Å²) < 4.78 is 20.6. The zero-order valence-corrected chi connectivity index (χ0v) is 17.8. The summed E-state index contributed by atoms with van der Waals surface area (Å²) in [6.07, 6.45) is 5.00. The highest BCUT2D eigenvalue weighted by Crippen LogP contribution is 2.46. The van der Waals surface area contributed by atoms with Crippen molar-refractivity contribution >= 4 is 22.9 Å². The van der Waals surface area contributed by atoms with Crippen LogP contribution in [0.25, 0.3) is 0 Å². The minimum absolute atomic E-state index is 0.0259. The van der Waals surface area contributed by atoms with E-state index in [0.717, 1.165) is 56.1 Å². The summed E-state index contributed by atoms with van der Waals surface area (Å²) in [4.78, 5) is 1.25. The second-order valence-corrected chi connectivity index (χ2v) is 9.38. The van der Waals surface area contributed by atoms with Gasteiger partial charge in [0.1, 0.15) is 5.82 Å². The predicted octanol–water partition coefficient (Wildman–Crippen LogP) is 6.33. The van der Waals surface area contributed by atoms with E-state index in [0.29, 0.717) is 0 Å². The summed E-state index contributed by atoms with van der Waals surface area (Å²) in [6.45, 7) is 6.93. The molecule has 1 aromatic heterocycles. The normalized spacial score (nSPS) is 22.1. The van der Waals surface area contributed by atoms with Crippen LogP contribution in [0, 0.1) is 5.82 Å². The Balaban J connectivity index is 1.74. The first kappa shape index (κ1) is 20.8. The number of halogens is 2. The summed E-state index contributed by atoms with van der Waals surface area (Å²) >= 11 is 7.64. The molecule has 148 valence electrons. The lowest BCUT2D eigenvalue weighted by atomic mass is 9.65. The third kappa shape index (κ3) is 4.92. The summed E-state index contributed by atoms with van der Waals surface area (Å²) in [5.74, 6) is -0.175.